The van der Waals surface area contributed by atoms with Crippen LogP contribution in [-0.4, -0.2) is 8.42 Å². The summed E-state index contributed by atoms with van der Waals surface area (Å²) in [5, 5.41) is 0. The predicted molar refractivity (Wildman–Crippen MR) is 88.3 cm³/mol. The van der Waals surface area contributed by atoms with Gasteiger partial charge in [0.25, 0.3) is 0 Å². The van der Waals surface area contributed by atoms with E-state index in [-0.39, 0.29) is 5.82 Å². The molecular weight excluding hydrogens is 313 g/mol. The van der Waals surface area contributed by atoms with Gasteiger partial charge in [0.2, 0.25) is 10.0 Å². The fraction of sp³-hybridized carbons (Fsp3) is 0.333. The van der Waals surface area contributed by atoms with Gasteiger partial charge in [-0.3, -0.25) is 0 Å². The zero-order valence-electron chi connectivity index (χ0n) is 13.5. The Kier molecular flexibility index (Phi) is 3.81. The lowest BCUT2D eigenvalue weighted by Crippen LogP contribution is -2.35. The molecule has 2 aromatic rings. The summed E-state index contributed by atoms with van der Waals surface area (Å²) in [6.45, 7) is 5.57. The van der Waals surface area contributed by atoms with Crippen molar-refractivity contribution in [2.45, 2.75) is 44.0 Å². The van der Waals surface area contributed by atoms with E-state index in [0.29, 0.717) is 4.90 Å². The van der Waals surface area contributed by atoms with Crippen LogP contribution in [0, 0.1) is 26.6 Å². The van der Waals surface area contributed by atoms with Crippen molar-refractivity contribution in [1.82, 2.24) is 4.72 Å². The third-order valence-electron chi connectivity index (χ3n) is 4.35. The summed E-state index contributed by atoms with van der Waals surface area (Å²) in [5.74, 6) is -0.322. The minimum absolute atomic E-state index is 0.322. The molecule has 0 aliphatic heterocycles. The third kappa shape index (κ3) is 3.03. The lowest BCUT2D eigenvalue weighted by molar-refractivity contribution is 0.549. The number of aryl methyl sites for hydroxylation is 3. The number of sulfonamides is 1. The molecule has 0 heterocycles. The molecule has 0 amide bonds. The van der Waals surface area contributed by atoms with Crippen LogP contribution >= 0.6 is 0 Å². The molecule has 0 spiro atoms. The van der Waals surface area contributed by atoms with Gasteiger partial charge in [-0.15, -0.1) is 0 Å². The van der Waals surface area contributed by atoms with E-state index in [1.54, 1.807) is 12.1 Å². The molecule has 1 N–H and O–H groups in total. The summed E-state index contributed by atoms with van der Waals surface area (Å²) in [5.41, 5.74) is 2.73. The molecule has 5 heteroatoms. The highest BCUT2D eigenvalue weighted by molar-refractivity contribution is 7.89. The number of rotatable bonds is 4. The molecule has 0 unspecified atom stereocenters. The first-order valence-corrected chi connectivity index (χ1v) is 9.10. The van der Waals surface area contributed by atoms with E-state index in [0.717, 1.165) is 35.1 Å². The fourth-order valence-corrected chi connectivity index (χ4v) is 5.15. The topological polar surface area (TPSA) is 46.2 Å². The standard InChI is InChI=1S/C18H20FNO2S/c1-12-10-13(2)17(14(3)11-12)23(21,22)20-18(8-9-18)15-4-6-16(19)7-5-15/h4-7,10-11,20H,8-9H2,1-3H3. The molecule has 0 radical (unpaired) electrons. The van der Waals surface area contributed by atoms with Gasteiger partial charge >= 0.3 is 0 Å². The summed E-state index contributed by atoms with van der Waals surface area (Å²) in [6.07, 6.45) is 1.45. The van der Waals surface area contributed by atoms with Gasteiger partial charge in [-0.2, -0.15) is 0 Å². The van der Waals surface area contributed by atoms with Crippen LogP contribution in [-0.2, 0) is 15.6 Å². The molecule has 2 aromatic carbocycles. The van der Waals surface area contributed by atoms with Gasteiger partial charge < -0.3 is 0 Å². The zero-order valence-corrected chi connectivity index (χ0v) is 14.3. The van der Waals surface area contributed by atoms with Crippen LogP contribution in [0.3, 0.4) is 0 Å². The van der Waals surface area contributed by atoms with Crippen LogP contribution in [0.5, 0.6) is 0 Å². The molecule has 0 atom stereocenters. The van der Waals surface area contributed by atoms with Gasteiger partial charge in [0.05, 0.1) is 10.4 Å². The van der Waals surface area contributed by atoms with Crippen molar-refractivity contribution in [1.29, 1.82) is 0 Å². The molecule has 1 aliphatic carbocycles. The largest absolute Gasteiger partial charge is 0.241 e. The maximum Gasteiger partial charge on any atom is 0.241 e. The van der Waals surface area contributed by atoms with Crippen LogP contribution < -0.4 is 4.72 Å². The lowest BCUT2D eigenvalue weighted by atomic mass is 10.1. The van der Waals surface area contributed by atoms with Gasteiger partial charge in [0.1, 0.15) is 5.82 Å². The van der Waals surface area contributed by atoms with E-state index in [1.807, 2.05) is 32.9 Å². The minimum Gasteiger partial charge on any atom is -0.207 e. The van der Waals surface area contributed by atoms with Crippen LogP contribution in [0.1, 0.15) is 35.1 Å². The zero-order chi connectivity index (χ0) is 16.8. The van der Waals surface area contributed by atoms with Gasteiger partial charge in [-0.25, -0.2) is 17.5 Å². The molecule has 1 fully saturated rings. The van der Waals surface area contributed by atoms with Crippen molar-refractivity contribution >= 4 is 10.0 Å². The number of nitrogens with one attached hydrogen (secondary N) is 1. The molecule has 3 nitrogen and oxygen atoms in total. The van der Waals surface area contributed by atoms with E-state index < -0.39 is 15.6 Å². The van der Waals surface area contributed by atoms with Crippen LogP contribution in [0.25, 0.3) is 0 Å². The smallest absolute Gasteiger partial charge is 0.207 e. The average molecular weight is 333 g/mol. The first-order valence-electron chi connectivity index (χ1n) is 7.61. The van der Waals surface area contributed by atoms with Crippen LogP contribution in [0.4, 0.5) is 4.39 Å². The van der Waals surface area contributed by atoms with Crippen molar-refractivity contribution in [3.63, 3.8) is 0 Å². The monoisotopic (exact) mass is 333 g/mol. The molecule has 0 saturated heterocycles. The normalized spacial score (nSPS) is 16.3. The first-order chi connectivity index (χ1) is 10.7. The second-order valence-corrected chi connectivity index (χ2v) is 8.04. The minimum atomic E-state index is -3.64. The lowest BCUT2D eigenvalue weighted by Gasteiger charge is -2.20. The second kappa shape index (κ2) is 5.42. The van der Waals surface area contributed by atoms with Crippen molar-refractivity contribution in [3.8, 4) is 0 Å². The van der Waals surface area contributed by atoms with Crippen molar-refractivity contribution < 1.29 is 12.8 Å². The number of benzene rings is 2. The Morgan fingerprint density at radius 2 is 1.52 bits per heavy atom. The highest BCUT2D eigenvalue weighted by Gasteiger charge is 2.47. The van der Waals surface area contributed by atoms with Crippen molar-refractivity contribution in [2.75, 3.05) is 0 Å². The van der Waals surface area contributed by atoms with Gasteiger partial charge in [0.15, 0.2) is 0 Å². The quantitative estimate of drug-likeness (QED) is 0.927. The van der Waals surface area contributed by atoms with Crippen molar-refractivity contribution in [3.05, 3.63) is 64.5 Å². The molecule has 1 aliphatic rings. The molecule has 3 rings (SSSR count). The SMILES string of the molecule is Cc1cc(C)c(S(=O)(=O)NC2(c3ccc(F)cc3)CC2)c(C)c1. The Morgan fingerprint density at radius 3 is 2.00 bits per heavy atom. The number of hydrogen-bond donors (Lipinski definition) is 1. The first kappa shape index (κ1) is 16.1. The second-order valence-electron chi connectivity index (χ2n) is 6.42. The van der Waals surface area contributed by atoms with Crippen LogP contribution in [0.2, 0.25) is 0 Å². The van der Waals surface area contributed by atoms with E-state index >= 15 is 0 Å². The van der Waals surface area contributed by atoms with E-state index in [4.69, 9.17) is 0 Å². The summed E-state index contributed by atoms with van der Waals surface area (Å²) >= 11 is 0. The Hall–Kier alpha value is -1.72. The maximum absolute atomic E-state index is 13.1. The molecule has 122 valence electrons. The fourth-order valence-electron chi connectivity index (χ4n) is 3.24. The predicted octanol–water partition coefficient (Wildman–Crippen LogP) is 3.72. The summed E-state index contributed by atoms with van der Waals surface area (Å²) in [4.78, 5) is 0.344. The Bertz CT molecular complexity index is 830. The Labute approximate surface area is 136 Å². The van der Waals surface area contributed by atoms with E-state index in [2.05, 4.69) is 4.72 Å². The van der Waals surface area contributed by atoms with E-state index in [9.17, 15) is 12.8 Å². The molecule has 0 bridgehead atoms. The van der Waals surface area contributed by atoms with Gasteiger partial charge in [-0.1, -0.05) is 29.8 Å². The average Bonchev–Trinajstić information content (AvgIpc) is 3.17. The third-order valence-corrected chi connectivity index (χ3v) is 6.19. The number of halogens is 1. The highest BCUT2D eigenvalue weighted by atomic mass is 32.2. The van der Waals surface area contributed by atoms with Gasteiger partial charge in [0, 0.05) is 0 Å². The van der Waals surface area contributed by atoms with E-state index in [1.165, 1.54) is 12.1 Å². The molecule has 0 aromatic heterocycles. The Morgan fingerprint density at radius 1 is 1.00 bits per heavy atom. The molecule has 1 saturated carbocycles. The highest BCUT2D eigenvalue weighted by Crippen LogP contribution is 2.46. The molecule has 23 heavy (non-hydrogen) atoms. The maximum atomic E-state index is 13.1. The molecular formula is C18H20FNO2S. The van der Waals surface area contributed by atoms with Crippen LogP contribution in [0.15, 0.2) is 41.3 Å². The van der Waals surface area contributed by atoms with Gasteiger partial charge in [-0.05, 0) is 62.4 Å². The summed E-state index contributed by atoms with van der Waals surface area (Å²) in [7, 11) is -3.64. The summed E-state index contributed by atoms with van der Waals surface area (Å²) < 4.78 is 41.7. The summed E-state index contributed by atoms with van der Waals surface area (Å²) in [6, 6.07) is 9.79. The van der Waals surface area contributed by atoms with Crippen molar-refractivity contribution in [2.24, 2.45) is 0 Å². The number of hydrogen-bond acceptors (Lipinski definition) is 2. The Balaban J connectivity index is 1.98.